The van der Waals surface area contributed by atoms with Crippen molar-refractivity contribution in [1.29, 1.82) is 0 Å². The van der Waals surface area contributed by atoms with Crippen molar-refractivity contribution in [3.8, 4) is 0 Å². The molecule has 2 aromatic heterocycles. The molecule has 1 aliphatic carbocycles. The summed E-state index contributed by atoms with van der Waals surface area (Å²) in [6.45, 7) is 1.82. The van der Waals surface area contributed by atoms with Crippen LogP contribution < -0.4 is 10.9 Å². The highest BCUT2D eigenvalue weighted by Crippen LogP contribution is 2.34. The molecule has 0 fully saturated rings. The Morgan fingerprint density at radius 1 is 1.17 bits per heavy atom. The van der Waals surface area contributed by atoms with E-state index in [-0.39, 0.29) is 11.5 Å². The molecule has 7 heteroatoms. The lowest BCUT2D eigenvalue weighted by Crippen LogP contribution is -2.23. The maximum absolute atomic E-state index is 12.7. The van der Waals surface area contributed by atoms with E-state index in [1.165, 1.54) is 28.6 Å². The zero-order chi connectivity index (χ0) is 20.7. The zero-order valence-corrected chi connectivity index (χ0v) is 18.2. The van der Waals surface area contributed by atoms with Crippen LogP contribution in [0, 0.1) is 0 Å². The van der Waals surface area contributed by atoms with Crippen molar-refractivity contribution < 1.29 is 4.79 Å². The van der Waals surface area contributed by atoms with Gasteiger partial charge in [-0.3, -0.25) is 9.59 Å². The molecular weight excluding hydrogens is 414 g/mol. The molecule has 2 N–H and O–H groups in total. The molecule has 4 aromatic rings. The second-order valence-corrected chi connectivity index (χ2v) is 9.99. The van der Waals surface area contributed by atoms with Gasteiger partial charge in [0.2, 0.25) is 5.91 Å². The second-order valence-electron chi connectivity index (χ2n) is 7.57. The van der Waals surface area contributed by atoms with Crippen molar-refractivity contribution >= 4 is 55.7 Å². The number of nitrogens with zero attached hydrogens (tertiary/aromatic N) is 1. The van der Waals surface area contributed by atoms with Crippen LogP contribution in [0.25, 0.3) is 21.0 Å². The van der Waals surface area contributed by atoms with E-state index in [0.717, 1.165) is 45.9 Å². The van der Waals surface area contributed by atoms with E-state index in [1.54, 1.807) is 11.3 Å². The molecule has 0 spiro atoms. The van der Waals surface area contributed by atoms with E-state index in [9.17, 15) is 9.59 Å². The molecule has 1 amide bonds. The number of anilines is 1. The molecule has 1 atom stereocenters. The quantitative estimate of drug-likeness (QED) is 0.344. The van der Waals surface area contributed by atoms with E-state index in [4.69, 9.17) is 0 Å². The third-order valence-corrected chi connectivity index (χ3v) is 7.65. The molecule has 0 unspecified atom stereocenters. The lowest BCUT2D eigenvalue weighted by molar-refractivity contribution is -0.115. The van der Waals surface area contributed by atoms with E-state index in [2.05, 4.69) is 15.3 Å². The largest absolute Gasteiger partial charge is 0.325 e. The molecule has 1 aliphatic rings. The maximum Gasteiger partial charge on any atom is 0.260 e. The fourth-order valence-electron chi connectivity index (χ4n) is 3.93. The number of carbonyl (C=O) groups is 1. The number of aryl methyl sites for hydroxylation is 2. The van der Waals surface area contributed by atoms with Crippen LogP contribution in [0.1, 0.15) is 30.2 Å². The number of thioether (sulfide) groups is 1. The molecule has 2 heterocycles. The smallest absolute Gasteiger partial charge is 0.260 e. The highest BCUT2D eigenvalue weighted by Gasteiger charge is 2.21. The molecular formula is C23H21N3O2S2. The van der Waals surface area contributed by atoms with Crippen molar-refractivity contribution in [3.05, 3.63) is 63.3 Å². The summed E-state index contributed by atoms with van der Waals surface area (Å²) in [6, 6.07) is 13.9. The zero-order valence-electron chi connectivity index (χ0n) is 16.5. The van der Waals surface area contributed by atoms with Gasteiger partial charge in [-0.15, -0.1) is 11.3 Å². The molecule has 5 rings (SSSR count). The van der Waals surface area contributed by atoms with Gasteiger partial charge in [0.05, 0.1) is 10.6 Å². The van der Waals surface area contributed by atoms with Gasteiger partial charge in [0.1, 0.15) is 4.83 Å². The van der Waals surface area contributed by atoms with Crippen molar-refractivity contribution in [2.45, 2.75) is 43.0 Å². The molecule has 0 aliphatic heterocycles. The van der Waals surface area contributed by atoms with Gasteiger partial charge in [0, 0.05) is 10.6 Å². The average Bonchev–Trinajstić information content (AvgIpc) is 3.12. The van der Waals surface area contributed by atoms with Crippen LogP contribution in [-0.4, -0.2) is 21.1 Å². The van der Waals surface area contributed by atoms with Crippen LogP contribution in [0.4, 0.5) is 5.69 Å². The molecule has 30 heavy (non-hydrogen) atoms. The number of amides is 1. The Morgan fingerprint density at radius 2 is 1.97 bits per heavy atom. The number of benzene rings is 2. The van der Waals surface area contributed by atoms with Crippen LogP contribution in [0.15, 0.2) is 52.4 Å². The Labute approximate surface area is 181 Å². The normalized spacial score (nSPS) is 14.6. The highest BCUT2D eigenvalue weighted by molar-refractivity contribution is 8.00. The minimum Gasteiger partial charge on any atom is -0.325 e. The third-order valence-electron chi connectivity index (χ3n) is 5.48. The molecule has 2 aromatic carbocycles. The SMILES string of the molecule is C[C@H](Sc1nc2sc3c(c2c(=O)[nH]1)CCCC3)C(=O)Nc1ccc2ccccc2c1. The Balaban J connectivity index is 1.35. The van der Waals surface area contributed by atoms with Gasteiger partial charge in [-0.2, -0.15) is 0 Å². The van der Waals surface area contributed by atoms with E-state index < -0.39 is 5.25 Å². The van der Waals surface area contributed by atoms with Gasteiger partial charge in [-0.05, 0) is 61.1 Å². The number of fused-ring (bicyclic) bond motifs is 4. The lowest BCUT2D eigenvalue weighted by atomic mass is 9.97. The Bertz CT molecular complexity index is 1330. The van der Waals surface area contributed by atoms with Gasteiger partial charge in [0.25, 0.3) is 5.56 Å². The molecule has 152 valence electrons. The highest BCUT2D eigenvalue weighted by atomic mass is 32.2. The number of H-pyrrole nitrogens is 1. The fourth-order valence-corrected chi connectivity index (χ4v) is 6.05. The Hall–Kier alpha value is -2.64. The summed E-state index contributed by atoms with van der Waals surface area (Å²) in [5.74, 6) is -0.122. The van der Waals surface area contributed by atoms with Gasteiger partial charge >= 0.3 is 0 Å². The van der Waals surface area contributed by atoms with Crippen molar-refractivity contribution in [2.24, 2.45) is 0 Å². The number of carbonyl (C=O) groups excluding carboxylic acids is 1. The monoisotopic (exact) mass is 435 g/mol. The number of nitrogens with one attached hydrogen (secondary N) is 2. The first kappa shape index (κ1) is 19.3. The van der Waals surface area contributed by atoms with Crippen LogP contribution in [0.3, 0.4) is 0 Å². The standard InChI is InChI=1S/C23H21N3O2S2/c1-13(20(27)24-16-11-10-14-6-2-3-7-15(14)12-16)29-23-25-21(28)19-17-8-4-5-9-18(17)30-22(19)26-23/h2-3,6-7,10-13H,4-5,8-9H2,1H3,(H,24,27)(H,25,26,28)/t13-/m0/s1. The van der Waals surface area contributed by atoms with Crippen molar-refractivity contribution in [2.75, 3.05) is 5.32 Å². The average molecular weight is 436 g/mol. The molecule has 0 saturated heterocycles. The summed E-state index contributed by atoms with van der Waals surface area (Å²) in [7, 11) is 0. The first-order valence-corrected chi connectivity index (χ1v) is 11.8. The predicted molar refractivity (Wildman–Crippen MR) is 125 cm³/mol. The van der Waals surface area contributed by atoms with Crippen LogP contribution in [-0.2, 0) is 17.6 Å². The maximum atomic E-state index is 12.7. The molecule has 5 nitrogen and oxygen atoms in total. The summed E-state index contributed by atoms with van der Waals surface area (Å²) < 4.78 is 0. The Morgan fingerprint density at radius 3 is 2.83 bits per heavy atom. The first-order valence-electron chi connectivity index (χ1n) is 10.1. The summed E-state index contributed by atoms with van der Waals surface area (Å²) in [6.07, 6.45) is 4.28. The van der Waals surface area contributed by atoms with Crippen molar-refractivity contribution in [3.63, 3.8) is 0 Å². The number of thiophene rings is 1. The fraction of sp³-hybridized carbons (Fsp3) is 0.261. The summed E-state index contributed by atoms with van der Waals surface area (Å²) in [4.78, 5) is 35.0. The van der Waals surface area contributed by atoms with Crippen LogP contribution >= 0.6 is 23.1 Å². The van der Waals surface area contributed by atoms with Gasteiger partial charge in [-0.25, -0.2) is 4.98 Å². The number of aromatic nitrogens is 2. The van der Waals surface area contributed by atoms with E-state index in [1.807, 2.05) is 49.4 Å². The summed E-state index contributed by atoms with van der Waals surface area (Å²) in [5, 5.41) is 6.02. The number of rotatable bonds is 4. The summed E-state index contributed by atoms with van der Waals surface area (Å²) >= 11 is 2.90. The minimum absolute atomic E-state index is 0.0935. The number of aromatic amines is 1. The third kappa shape index (κ3) is 3.63. The number of hydrogen-bond donors (Lipinski definition) is 2. The van der Waals surface area contributed by atoms with Crippen LogP contribution in [0.5, 0.6) is 0 Å². The number of hydrogen-bond acceptors (Lipinski definition) is 5. The molecule has 0 saturated carbocycles. The van der Waals surface area contributed by atoms with Gasteiger partial charge < -0.3 is 10.3 Å². The Kier molecular flexibility index (Phi) is 5.08. The van der Waals surface area contributed by atoms with Gasteiger partial charge in [-0.1, -0.05) is 42.1 Å². The second kappa shape index (κ2) is 7.89. The van der Waals surface area contributed by atoms with E-state index in [0.29, 0.717) is 5.16 Å². The van der Waals surface area contributed by atoms with Gasteiger partial charge in [0.15, 0.2) is 5.16 Å². The first-order chi connectivity index (χ1) is 14.6. The minimum atomic E-state index is -0.397. The molecule has 0 bridgehead atoms. The van der Waals surface area contributed by atoms with Crippen molar-refractivity contribution in [1.82, 2.24) is 9.97 Å². The van der Waals surface area contributed by atoms with E-state index >= 15 is 0 Å². The topological polar surface area (TPSA) is 74.8 Å². The lowest BCUT2D eigenvalue weighted by Gasteiger charge is -2.12. The summed E-state index contributed by atoms with van der Waals surface area (Å²) in [5.41, 5.74) is 1.84. The van der Waals surface area contributed by atoms with Crippen LogP contribution in [0.2, 0.25) is 0 Å². The molecule has 0 radical (unpaired) electrons. The predicted octanol–water partition coefficient (Wildman–Crippen LogP) is 5.14.